The Kier molecular flexibility index (Phi) is 4.28. The van der Waals surface area contributed by atoms with Crippen LogP contribution in [0.15, 0.2) is 22.9 Å². The maximum Gasteiger partial charge on any atom is 0.290 e. The minimum Gasteiger partial charge on any atom is -0.445 e. The average molecular weight is 440 g/mol. The van der Waals surface area contributed by atoms with Gasteiger partial charge in [0.2, 0.25) is 5.60 Å². The van der Waals surface area contributed by atoms with Gasteiger partial charge in [0.05, 0.1) is 18.4 Å². The predicted molar refractivity (Wildman–Crippen MR) is 124 cm³/mol. The fourth-order valence-corrected chi connectivity index (χ4v) is 7.70. The molecule has 5 aliphatic rings. The SMILES string of the molecule is CCOC1=P2=C(C=C(C(C)(C)O)O2)C12CN=C(Nc1c3c(cc4c1CCC4)CCC3)O2. The van der Waals surface area contributed by atoms with Gasteiger partial charge in [0.1, 0.15) is 18.8 Å². The van der Waals surface area contributed by atoms with Crippen molar-refractivity contribution in [3.8, 4) is 0 Å². The molecule has 3 heterocycles. The molecule has 0 saturated heterocycles. The lowest BCUT2D eigenvalue weighted by atomic mass is 9.97. The van der Waals surface area contributed by atoms with E-state index in [1.165, 1.54) is 53.6 Å². The van der Waals surface area contributed by atoms with Gasteiger partial charge in [0.15, 0.2) is 5.48 Å². The topological polar surface area (TPSA) is 72.3 Å². The third-order valence-electron chi connectivity index (χ3n) is 6.93. The summed E-state index contributed by atoms with van der Waals surface area (Å²) in [4.78, 5) is 4.76. The minimum absolute atomic E-state index is 0.481. The highest BCUT2D eigenvalue weighted by molar-refractivity contribution is 7.60. The number of aliphatic hydroxyl groups is 1. The van der Waals surface area contributed by atoms with Crippen molar-refractivity contribution in [2.75, 3.05) is 18.5 Å². The number of nitrogens with zero attached hydrogens (tertiary/aromatic N) is 1. The summed E-state index contributed by atoms with van der Waals surface area (Å²) in [6, 6.07) is 3.00. The molecule has 2 N–H and O–H groups in total. The number of benzene rings is 1. The Hall–Kier alpha value is -2.01. The second-order valence-electron chi connectivity index (χ2n) is 9.49. The van der Waals surface area contributed by atoms with Crippen LogP contribution in [-0.4, -0.2) is 46.3 Å². The highest BCUT2D eigenvalue weighted by Crippen LogP contribution is 2.50. The summed E-state index contributed by atoms with van der Waals surface area (Å²) >= 11 is 0. The van der Waals surface area contributed by atoms with Crippen LogP contribution in [-0.2, 0) is 39.7 Å². The molecule has 2 atom stereocenters. The highest BCUT2D eigenvalue weighted by atomic mass is 31.1. The number of anilines is 1. The molecule has 1 aromatic carbocycles. The molecule has 7 heteroatoms. The molecule has 1 spiro atoms. The first-order chi connectivity index (χ1) is 14.9. The number of aliphatic imine (C=N–C) groups is 1. The zero-order valence-corrected chi connectivity index (χ0v) is 19.3. The van der Waals surface area contributed by atoms with Gasteiger partial charge in [0.25, 0.3) is 6.02 Å². The zero-order chi connectivity index (χ0) is 21.4. The van der Waals surface area contributed by atoms with E-state index in [2.05, 4.69) is 11.4 Å². The van der Waals surface area contributed by atoms with E-state index in [4.69, 9.17) is 19.0 Å². The lowest BCUT2D eigenvalue weighted by Gasteiger charge is -2.35. The molecule has 2 unspecified atom stereocenters. The molecule has 31 heavy (non-hydrogen) atoms. The molecule has 6 rings (SSSR count). The Bertz CT molecular complexity index is 1120. The van der Waals surface area contributed by atoms with Gasteiger partial charge in [-0.2, -0.15) is 0 Å². The Morgan fingerprint density at radius 1 is 1.19 bits per heavy atom. The summed E-state index contributed by atoms with van der Waals surface area (Å²) in [5.74, 6) is 0.575. The Morgan fingerprint density at radius 2 is 1.90 bits per heavy atom. The minimum atomic E-state index is -1.03. The number of fused-ring (bicyclic) bond motifs is 3. The molecule has 3 aliphatic heterocycles. The van der Waals surface area contributed by atoms with Crippen LogP contribution in [0, 0.1) is 0 Å². The second kappa shape index (κ2) is 6.74. The normalized spacial score (nSPS) is 26.8. The third kappa shape index (κ3) is 2.81. The summed E-state index contributed by atoms with van der Waals surface area (Å²) in [5.41, 5.74) is 6.19. The molecular formula is C24H29N2O4P. The van der Waals surface area contributed by atoms with Gasteiger partial charge in [-0.05, 0) is 87.6 Å². The van der Waals surface area contributed by atoms with Crippen LogP contribution in [0.25, 0.3) is 0 Å². The van der Waals surface area contributed by atoms with Crippen molar-refractivity contribution in [3.05, 3.63) is 40.2 Å². The number of ether oxygens (including phenoxy) is 2. The molecular weight excluding hydrogens is 411 g/mol. The Morgan fingerprint density at radius 3 is 2.55 bits per heavy atom. The smallest absolute Gasteiger partial charge is 0.290 e. The number of rotatable bonds is 4. The zero-order valence-electron chi connectivity index (χ0n) is 18.4. The maximum atomic E-state index is 10.4. The van der Waals surface area contributed by atoms with Gasteiger partial charge in [-0.25, -0.2) is 4.99 Å². The lowest BCUT2D eigenvalue weighted by molar-refractivity contribution is 0.0832. The Balaban J connectivity index is 1.30. The van der Waals surface area contributed by atoms with Gasteiger partial charge in [0, 0.05) is 5.69 Å². The van der Waals surface area contributed by atoms with Crippen molar-refractivity contribution < 1.29 is 19.1 Å². The van der Waals surface area contributed by atoms with E-state index in [1.54, 1.807) is 13.8 Å². The number of amidine groups is 1. The van der Waals surface area contributed by atoms with E-state index < -0.39 is 18.6 Å². The molecule has 164 valence electrons. The van der Waals surface area contributed by atoms with E-state index in [9.17, 15) is 5.11 Å². The number of hydrogen-bond acceptors (Lipinski definition) is 6. The Labute approximate surface area is 183 Å². The fraction of sp³-hybridized carbons (Fsp3) is 0.542. The van der Waals surface area contributed by atoms with Crippen molar-refractivity contribution in [3.63, 3.8) is 0 Å². The van der Waals surface area contributed by atoms with E-state index in [0.29, 0.717) is 24.9 Å². The van der Waals surface area contributed by atoms with Crippen molar-refractivity contribution in [2.45, 2.75) is 70.5 Å². The van der Waals surface area contributed by atoms with E-state index >= 15 is 0 Å². The summed E-state index contributed by atoms with van der Waals surface area (Å²) in [5, 5.41) is 15.1. The van der Waals surface area contributed by atoms with Gasteiger partial charge < -0.3 is 24.4 Å². The van der Waals surface area contributed by atoms with Crippen LogP contribution in [0.4, 0.5) is 5.69 Å². The first-order valence-electron chi connectivity index (χ1n) is 11.4. The van der Waals surface area contributed by atoms with Gasteiger partial charge in [-0.3, -0.25) is 0 Å². The van der Waals surface area contributed by atoms with Crippen LogP contribution in [0.5, 0.6) is 0 Å². The number of hydrogen-bond donors (Lipinski definition) is 2. The lowest BCUT2D eigenvalue weighted by Crippen LogP contribution is -2.54. The van der Waals surface area contributed by atoms with Crippen LogP contribution in [0.1, 0.15) is 55.9 Å². The molecule has 0 saturated carbocycles. The monoisotopic (exact) mass is 440 g/mol. The highest BCUT2D eigenvalue weighted by Gasteiger charge is 2.57. The van der Waals surface area contributed by atoms with E-state index in [1.807, 2.05) is 13.0 Å². The average Bonchev–Trinajstić information content (AvgIpc) is 3.49. The fourth-order valence-electron chi connectivity index (χ4n) is 5.41. The molecule has 1 aromatic rings. The first kappa shape index (κ1) is 19.7. The van der Waals surface area contributed by atoms with Gasteiger partial charge in [-0.1, -0.05) is 6.07 Å². The van der Waals surface area contributed by atoms with Gasteiger partial charge in [-0.15, -0.1) is 0 Å². The van der Waals surface area contributed by atoms with Gasteiger partial charge >= 0.3 is 0 Å². The van der Waals surface area contributed by atoms with Crippen LogP contribution >= 0.6 is 7.40 Å². The van der Waals surface area contributed by atoms with Crippen molar-refractivity contribution in [1.29, 1.82) is 0 Å². The number of nitrogens with one attached hydrogen (secondary N) is 1. The first-order valence-corrected chi connectivity index (χ1v) is 12.6. The van der Waals surface area contributed by atoms with Crippen molar-refractivity contribution >= 4 is 29.9 Å². The summed E-state index contributed by atoms with van der Waals surface area (Å²) in [6.45, 7) is 6.48. The molecule has 0 radical (unpaired) electrons. The standard InChI is InChI=1S/C24H29N2O4P/c1-4-28-21-24(19-12-18(23(2,3)27)30-31(19)21)13-25-22(29-24)26-20-16-9-5-7-14(16)11-15-8-6-10-17(15)20/h11-12,27H,4-10,13H2,1-3H3,(H,25,26). The van der Waals surface area contributed by atoms with E-state index in [-0.39, 0.29) is 0 Å². The van der Waals surface area contributed by atoms with Crippen LogP contribution in [0.2, 0.25) is 0 Å². The molecule has 2 aliphatic carbocycles. The quantitative estimate of drug-likeness (QED) is 0.700. The predicted octanol–water partition coefficient (Wildman–Crippen LogP) is 3.64. The second-order valence-corrected chi connectivity index (χ2v) is 11.1. The maximum absolute atomic E-state index is 10.4. The number of aryl methyl sites for hydroxylation is 2. The molecule has 0 amide bonds. The van der Waals surface area contributed by atoms with Crippen molar-refractivity contribution in [2.24, 2.45) is 4.99 Å². The van der Waals surface area contributed by atoms with E-state index in [0.717, 1.165) is 23.6 Å². The molecule has 0 fully saturated rings. The summed E-state index contributed by atoms with van der Waals surface area (Å²) in [6.07, 6.45) is 8.96. The summed E-state index contributed by atoms with van der Waals surface area (Å²) < 4.78 is 18.6. The van der Waals surface area contributed by atoms with Crippen molar-refractivity contribution in [1.82, 2.24) is 0 Å². The molecule has 0 bridgehead atoms. The van der Waals surface area contributed by atoms with Crippen LogP contribution < -0.4 is 5.32 Å². The van der Waals surface area contributed by atoms with Crippen LogP contribution in [0.3, 0.4) is 0 Å². The third-order valence-corrected chi connectivity index (χ3v) is 9.09. The summed E-state index contributed by atoms with van der Waals surface area (Å²) in [7, 11) is -1.03. The molecule has 6 nitrogen and oxygen atoms in total. The molecule has 0 aromatic heterocycles. The largest absolute Gasteiger partial charge is 0.445 e.